The topological polar surface area (TPSA) is 43.6 Å². The number of hydrogen-bond donors (Lipinski definition) is 0. The molecule has 0 radical (unpaired) electrons. The van der Waals surface area contributed by atoms with Crippen LogP contribution in [0.25, 0.3) is 16.7 Å². The van der Waals surface area contributed by atoms with Gasteiger partial charge in [0.1, 0.15) is 11.0 Å². The number of benzene rings is 1. The fourth-order valence-electron chi connectivity index (χ4n) is 1.78. The molecule has 0 amide bonds. The monoisotopic (exact) mass is 322 g/mol. The molecule has 2 heterocycles. The lowest BCUT2D eigenvalue weighted by Crippen LogP contribution is -2.00. The number of aryl methyl sites for hydroxylation is 1. The Bertz CT molecular complexity index is 738. The van der Waals surface area contributed by atoms with Crippen LogP contribution in [0.1, 0.15) is 5.82 Å². The summed E-state index contributed by atoms with van der Waals surface area (Å²) in [6, 6.07) is 7.82. The summed E-state index contributed by atoms with van der Waals surface area (Å²) in [6.07, 6.45) is 1.68. The van der Waals surface area contributed by atoms with Crippen LogP contribution >= 0.6 is 27.5 Å². The van der Waals surface area contributed by atoms with Crippen molar-refractivity contribution in [1.29, 1.82) is 0 Å². The molecule has 0 unspecified atom stereocenters. The van der Waals surface area contributed by atoms with E-state index in [4.69, 9.17) is 11.6 Å². The maximum absolute atomic E-state index is 6.09. The Morgan fingerprint density at radius 3 is 2.78 bits per heavy atom. The lowest BCUT2D eigenvalue weighted by atomic mass is 10.3. The van der Waals surface area contributed by atoms with E-state index in [1.165, 1.54) is 0 Å². The van der Waals surface area contributed by atoms with E-state index in [-0.39, 0.29) is 0 Å². The van der Waals surface area contributed by atoms with Crippen molar-refractivity contribution in [3.63, 3.8) is 0 Å². The van der Waals surface area contributed by atoms with E-state index in [0.29, 0.717) is 16.6 Å². The average Bonchev–Trinajstić information content (AvgIpc) is 2.73. The van der Waals surface area contributed by atoms with Crippen LogP contribution in [0.2, 0.25) is 5.15 Å². The Balaban J connectivity index is 2.34. The molecular weight excluding hydrogens is 316 g/mol. The van der Waals surface area contributed by atoms with Gasteiger partial charge in [0, 0.05) is 4.47 Å². The third kappa shape index (κ3) is 1.79. The van der Waals surface area contributed by atoms with E-state index in [1.54, 1.807) is 10.9 Å². The van der Waals surface area contributed by atoms with Crippen molar-refractivity contribution in [3.8, 4) is 5.69 Å². The highest BCUT2D eigenvalue weighted by molar-refractivity contribution is 9.10. The SMILES string of the molecule is Cc1nc(Cl)c2cnn(-c3ccccc3Br)c2n1. The Morgan fingerprint density at radius 2 is 2.00 bits per heavy atom. The molecule has 0 aliphatic carbocycles. The van der Waals surface area contributed by atoms with Crippen molar-refractivity contribution in [1.82, 2.24) is 19.7 Å². The average molecular weight is 324 g/mol. The molecule has 0 N–H and O–H groups in total. The second-order valence-corrected chi connectivity index (χ2v) is 5.02. The molecule has 18 heavy (non-hydrogen) atoms. The minimum atomic E-state index is 0.427. The molecule has 3 aromatic rings. The van der Waals surface area contributed by atoms with E-state index in [2.05, 4.69) is 31.0 Å². The molecule has 0 saturated carbocycles. The third-order valence-electron chi connectivity index (χ3n) is 2.57. The molecule has 90 valence electrons. The molecule has 0 fully saturated rings. The zero-order chi connectivity index (χ0) is 12.7. The predicted octanol–water partition coefficient (Wildman–Crippen LogP) is 3.54. The van der Waals surface area contributed by atoms with Crippen LogP contribution < -0.4 is 0 Å². The summed E-state index contributed by atoms with van der Waals surface area (Å²) in [6.45, 7) is 1.81. The van der Waals surface area contributed by atoms with Gasteiger partial charge >= 0.3 is 0 Å². The maximum Gasteiger partial charge on any atom is 0.168 e. The first-order chi connectivity index (χ1) is 8.66. The van der Waals surface area contributed by atoms with Crippen molar-refractivity contribution in [3.05, 3.63) is 45.9 Å². The second-order valence-electron chi connectivity index (χ2n) is 3.81. The first kappa shape index (κ1) is 11.6. The predicted molar refractivity (Wildman–Crippen MR) is 74.1 cm³/mol. The molecular formula is C12H8BrClN4. The Labute approximate surface area is 117 Å². The van der Waals surface area contributed by atoms with E-state index in [1.807, 2.05) is 31.2 Å². The summed E-state index contributed by atoms with van der Waals surface area (Å²) >= 11 is 9.59. The van der Waals surface area contributed by atoms with Gasteiger partial charge in [0.15, 0.2) is 5.65 Å². The highest BCUT2D eigenvalue weighted by Crippen LogP contribution is 2.26. The number of rotatable bonds is 1. The lowest BCUT2D eigenvalue weighted by molar-refractivity contribution is 0.885. The number of hydrogen-bond acceptors (Lipinski definition) is 3. The van der Waals surface area contributed by atoms with Crippen LogP contribution in [0.15, 0.2) is 34.9 Å². The number of aromatic nitrogens is 4. The van der Waals surface area contributed by atoms with Crippen LogP contribution in [0.3, 0.4) is 0 Å². The lowest BCUT2D eigenvalue weighted by Gasteiger charge is -2.05. The molecule has 0 saturated heterocycles. The molecule has 2 aromatic heterocycles. The Kier molecular flexibility index (Phi) is 2.80. The first-order valence-corrected chi connectivity index (χ1v) is 6.46. The summed E-state index contributed by atoms with van der Waals surface area (Å²) < 4.78 is 2.70. The standard InChI is InChI=1S/C12H8BrClN4/c1-7-16-11(14)8-6-15-18(12(8)17-7)10-5-3-2-4-9(10)13/h2-6H,1H3. The minimum Gasteiger partial charge on any atom is -0.221 e. The molecule has 0 bridgehead atoms. The first-order valence-electron chi connectivity index (χ1n) is 5.29. The molecule has 0 aliphatic rings. The van der Waals surface area contributed by atoms with Gasteiger partial charge in [-0.3, -0.25) is 0 Å². The van der Waals surface area contributed by atoms with Gasteiger partial charge < -0.3 is 0 Å². The van der Waals surface area contributed by atoms with Crippen molar-refractivity contribution in [2.24, 2.45) is 0 Å². The van der Waals surface area contributed by atoms with Crippen molar-refractivity contribution in [2.75, 3.05) is 0 Å². The summed E-state index contributed by atoms with van der Waals surface area (Å²) in [5, 5.41) is 5.50. The minimum absolute atomic E-state index is 0.427. The highest BCUT2D eigenvalue weighted by atomic mass is 79.9. The number of halogens is 2. The highest BCUT2D eigenvalue weighted by Gasteiger charge is 2.12. The molecule has 0 atom stereocenters. The smallest absolute Gasteiger partial charge is 0.168 e. The molecule has 3 rings (SSSR count). The quantitative estimate of drug-likeness (QED) is 0.643. The molecule has 0 spiro atoms. The summed E-state index contributed by atoms with van der Waals surface area (Å²) in [4.78, 5) is 8.52. The van der Waals surface area contributed by atoms with Crippen molar-refractivity contribution >= 4 is 38.6 Å². The number of nitrogens with zero attached hydrogens (tertiary/aromatic N) is 4. The van der Waals surface area contributed by atoms with Gasteiger partial charge in [0.25, 0.3) is 0 Å². The van der Waals surface area contributed by atoms with Crippen molar-refractivity contribution < 1.29 is 0 Å². The van der Waals surface area contributed by atoms with Gasteiger partial charge in [-0.15, -0.1) is 0 Å². The molecule has 1 aromatic carbocycles. The van der Waals surface area contributed by atoms with Crippen LogP contribution in [0.5, 0.6) is 0 Å². The fourth-order valence-corrected chi connectivity index (χ4v) is 2.48. The molecule has 6 heteroatoms. The normalized spacial score (nSPS) is 11.1. The molecule has 0 aliphatic heterocycles. The van der Waals surface area contributed by atoms with E-state index < -0.39 is 0 Å². The second kappa shape index (κ2) is 4.33. The summed E-state index contributed by atoms with van der Waals surface area (Å²) in [7, 11) is 0. The van der Waals surface area contributed by atoms with Crippen LogP contribution in [0.4, 0.5) is 0 Å². The van der Waals surface area contributed by atoms with Crippen LogP contribution in [-0.4, -0.2) is 19.7 Å². The summed E-state index contributed by atoms with van der Waals surface area (Å²) in [5.74, 6) is 0.626. The number of fused-ring (bicyclic) bond motifs is 1. The maximum atomic E-state index is 6.09. The van der Waals surface area contributed by atoms with E-state index in [0.717, 1.165) is 15.5 Å². The zero-order valence-corrected chi connectivity index (χ0v) is 11.8. The van der Waals surface area contributed by atoms with E-state index in [9.17, 15) is 0 Å². The van der Waals surface area contributed by atoms with Crippen LogP contribution in [0, 0.1) is 6.92 Å². The van der Waals surface area contributed by atoms with Crippen molar-refractivity contribution in [2.45, 2.75) is 6.92 Å². The van der Waals surface area contributed by atoms with Gasteiger partial charge in [-0.25, -0.2) is 14.6 Å². The zero-order valence-electron chi connectivity index (χ0n) is 9.43. The Hall–Kier alpha value is -1.46. The summed E-state index contributed by atoms with van der Waals surface area (Å²) in [5.41, 5.74) is 1.63. The molecule has 4 nitrogen and oxygen atoms in total. The fraction of sp³-hybridized carbons (Fsp3) is 0.0833. The van der Waals surface area contributed by atoms with Gasteiger partial charge in [0.2, 0.25) is 0 Å². The Morgan fingerprint density at radius 1 is 1.22 bits per heavy atom. The van der Waals surface area contributed by atoms with Crippen LogP contribution in [-0.2, 0) is 0 Å². The van der Waals surface area contributed by atoms with Gasteiger partial charge in [-0.1, -0.05) is 23.7 Å². The van der Waals surface area contributed by atoms with E-state index >= 15 is 0 Å². The van der Waals surface area contributed by atoms with Gasteiger partial charge in [0.05, 0.1) is 17.3 Å². The van der Waals surface area contributed by atoms with Gasteiger partial charge in [-0.2, -0.15) is 5.10 Å². The largest absolute Gasteiger partial charge is 0.221 e. The number of para-hydroxylation sites is 1. The van der Waals surface area contributed by atoms with Gasteiger partial charge in [-0.05, 0) is 35.0 Å². The third-order valence-corrected chi connectivity index (χ3v) is 3.53.